The average molecular weight is 285 g/mol. The van der Waals surface area contributed by atoms with Crippen molar-refractivity contribution in [3.05, 3.63) is 27.9 Å². The van der Waals surface area contributed by atoms with Crippen molar-refractivity contribution in [2.45, 2.75) is 19.4 Å². The molecule has 0 atom stereocenters. The average Bonchev–Trinajstić information content (AvgIpc) is 2.50. The number of fused-ring (bicyclic) bond motifs is 1. The third kappa shape index (κ3) is 1.80. The predicted octanol–water partition coefficient (Wildman–Crippen LogP) is 1.11. The van der Waals surface area contributed by atoms with Gasteiger partial charge in [-0.2, -0.15) is 0 Å². The standard InChI is InChI=1S/C11H13BrN2O2/c1-13-10-7-8(15)3-4-9(10)14(11(13)16)6-2-5-12/h3-4H,2,5-7H2,1H3. The fraction of sp³-hybridized carbons (Fsp3) is 0.455. The van der Waals surface area contributed by atoms with Gasteiger partial charge in [-0.3, -0.25) is 13.9 Å². The molecule has 16 heavy (non-hydrogen) atoms. The van der Waals surface area contributed by atoms with Gasteiger partial charge >= 0.3 is 5.69 Å². The van der Waals surface area contributed by atoms with Gasteiger partial charge < -0.3 is 0 Å². The SMILES string of the molecule is Cn1c2c(n(CCCBr)c1=O)C=CC(=O)C2. The van der Waals surface area contributed by atoms with Gasteiger partial charge in [-0.05, 0) is 18.6 Å². The highest BCUT2D eigenvalue weighted by Gasteiger charge is 2.20. The van der Waals surface area contributed by atoms with Crippen molar-refractivity contribution < 1.29 is 4.79 Å². The van der Waals surface area contributed by atoms with Crippen LogP contribution in [0.3, 0.4) is 0 Å². The molecule has 2 rings (SSSR count). The molecule has 0 aromatic carbocycles. The molecule has 1 aliphatic carbocycles. The molecule has 0 amide bonds. The van der Waals surface area contributed by atoms with Crippen LogP contribution in [0.5, 0.6) is 0 Å². The van der Waals surface area contributed by atoms with E-state index in [2.05, 4.69) is 15.9 Å². The van der Waals surface area contributed by atoms with Gasteiger partial charge in [0.1, 0.15) is 0 Å². The molecule has 0 fully saturated rings. The zero-order chi connectivity index (χ0) is 11.7. The molecule has 0 unspecified atom stereocenters. The van der Waals surface area contributed by atoms with Crippen LogP contribution in [0.15, 0.2) is 10.9 Å². The molecule has 0 spiro atoms. The van der Waals surface area contributed by atoms with Crippen molar-refractivity contribution in [1.29, 1.82) is 0 Å². The highest BCUT2D eigenvalue weighted by molar-refractivity contribution is 9.09. The number of rotatable bonds is 3. The van der Waals surface area contributed by atoms with Crippen molar-refractivity contribution in [3.63, 3.8) is 0 Å². The summed E-state index contributed by atoms with van der Waals surface area (Å²) in [4.78, 5) is 23.2. The Morgan fingerprint density at radius 3 is 2.81 bits per heavy atom. The first-order valence-electron chi connectivity index (χ1n) is 5.20. The topological polar surface area (TPSA) is 44.0 Å². The molecule has 1 heterocycles. The maximum atomic E-state index is 11.9. The van der Waals surface area contributed by atoms with E-state index in [1.807, 2.05) is 0 Å². The molecule has 86 valence electrons. The molecule has 1 aliphatic rings. The number of nitrogens with zero attached hydrogens (tertiary/aromatic N) is 2. The van der Waals surface area contributed by atoms with Crippen molar-refractivity contribution in [1.82, 2.24) is 9.13 Å². The lowest BCUT2D eigenvalue weighted by Crippen LogP contribution is -2.23. The van der Waals surface area contributed by atoms with Crippen LogP contribution in [0.1, 0.15) is 17.8 Å². The van der Waals surface area contributed by atoms with Crippen molar-refractivity contribution in [2.24, 2.45) is 7.05 Å². The minimum absolute atomic E-state index is 0.0368. The molecular formula is C11H13BrN2O2. The fourth-order valence-corrected chi connectivity index (χ4v) is 2.20. The van der Waals surface area contributed by atoms with E-state index in [9.17, 15) is 9.59 Å². The second kappa shape index (κ2) is 4.41. The maximum absolute atomic E-state index is 11.9. The summed E-state index contributed by atoms with van der Waals surface area (Å²) in [6, 6.07) is 0. The summed E-state index contributed by atoms with van der Waals surface area (Å²) in [6.45, 7) is 0.686. The van der Waals surface area contributed by atoms with Crippen molar-refractivity contribution in [3.8, 4) is 0 Å². The van der Waals surface area contributed by atoms with Crippen LogP contribution in [-0.2, 0) is 24.8 Å². The van der Waals surface area contributed by atoms with Gasteiger partial charge in [0.15, 0.2) is 5.78 Å². The highest BCUT2D eigenvalue weighted by atomic mass is 79.9. The molecule has 0 bridgehead atoms. The van der Waals surface area contributed by atoms with E-state index in [4.69, 9.17) is 0 Å². The van der Waals surface area contributed by atoms with Gasteiger partial charge in [-0.25, -0.2) is 4.79 Å². The monoisotopic (exact) mass is 284 g/mol. The molecule has 0 saturated heterocycles. The summed E-state index contributed by atoms with van der Waals surface area (Å²) in [5.74, 6) is 0.0562. The Morgan fingerprint density at radius 1 is 1.38 bits per heavy atom. The first-order valence-corrected chi connectivity index (χ1v) is 6.32. The number of hydrogen-bond donors (Lipinski definition) is 0. The minimum Gasteiger partial charge on any atom is -0.298 e. The molecule has 1 aromatic rings. The summed E-state index contributed by atoms with van der Waals surface area (Å²) >= 11 is 3.35. The lowest BCUT2D eigenvalue weighted by Gasteiger charge is -2.08. The van der Waals surface area contributed by atoms with Crippen LogP contribution in [0.2, 0.25) is 0 Å². The van der Waals surface area contributed by atoms with E-state index >= 15 is 0 Å². The summed E-state index contributed by atoms with van der Waals surface area (Å²) in [5.41, 5.74) is 1.67. The van der Waals surface area contributed by atoms with Gasteiger partial charge in [0.05, 0.1) is 17.8 Å². The number of halogens is 1. The quantitative estimate of drug-likeness (QED) is 0.781. The van der Waals surface area contributed by atoms with Gasteiger partial charge in [0.25, 0.3) is 0 Å². The molecule has 0 N–H and O–H groups in total. The van der Waals surface area contributed by atoms with E-state index in [1.165, 1.54) is 0 Å². The molecule has 5 heteroatoms. The lowest BCUT2D eigenvalue weighted by molar-refractivity contribution is -0.114. The molecular weight excluding hydrogens is 272 g/mol. The Bertz CT molecular complexity index is 511. The fourth-order valence-electron chi connectivity index (χ4n) is 1.95. The Balaban J connectivity index is 2.49. The normalized spacial score (nSPS) is 14.2. The van der Waals surface area contributed by atoms with E-state index < -0.39 is 0 Å². The Morgan fingerprint density at radius 2 is 2.12 bits per heavy atom. The van der Waals surface area contributed by atoms with Gasteiger partial charge in [0, 0.05) is 18.9 Å². The van der Waals surface area contributed by atoms with E-state index in [0.717, 1.165) is 23.1 Å². The van der Waals surface area contributed by atoms with Crippen LogP contribution >= 0.6 is 15.9 Å². The maximum Gasteiger partial charge on any atom is 0.328 e. The molecule has 0 aliphatic heterocycles. The zero-order valence-corrected chi connectivity index (χ0v) is 10.7. The number of imidazole rings is 1. The number of ketones is 1. The number of hydrogen-bond acceptors (Lipinski definition) is 2. The second-order valence-corrected chi connectivity index (χ2v) is 4.64. The number of carbonyl (C=O) groups is 1. The zero-order valence-electron chi connectivity index (χ0n) is 9.07. The first kappa shape index (κ1) is 11.4. The summed E-state index contributed by atoms with van der Waals surface area (Å²) in [6.07, 6.45) is 4.53. The van der Waals surface area contributed by atoms with Crippen LogP contribution in [-0.4, -0.2) is 20.2 Å². The summed E-state index contributed by atoms with van der Waals surface area (Å²) < 4.78 is 3.31. The van der Waals surface area contributed by atoms with Gasteiger partial charge in [0.2, 0.25) is 0 Å². The molecule has 0 saturated carbocycles. The van der Waals surface area contributed by atoms with Crippen LogP contribution < -0.4 is 5.69 Å². The minimum atomic E-state index is -0.0368. The number of carbonyl (C=O) groups excluding carboxylic acids is 1. The first-order chi connectivity index (χ1) is 7.65. The van der Waals surface area contributed by atoms with Crippen molar-refractivity contribution >= 4 is 27.8 Å². The van der Waals surface area contributed by atoms with E-state index in [0.29, 0.717) is 13.0 Å². The smallest absolute Gasteiger partial charge is 0.298 e. The van der Waals surface area contributed by atoms with E-state index in [-0.39, 0.29) is 11.5 Å². The van der Waals surface area contributed by atoms with Gasteiger partial charge in [-0.15, -0.1) is 0 Å². The molecule has 4 nitrogen and oxygen atoms in total. The number of allylic oxidation sites excluding steroid dienone is 1. The van der Waals surface area contributed by atoms with E-state index in [1.54, 1.807) is 28.3 Å². The predicted molar refractivity (Wildman–Crippen MR) is 65.8 cm³/mol. The molecule has 0 radical (unpaired) electrons. The largest absolute Gasteiger partial charge is 0.328 e. The van der Waals surface area contributed by atoms with Gasteiger partial charge in [-0.1, -0.05) is 15.9 Å². The molecule has 1 aromatic heterocycles. The number of aromatic nitrogens is 2. The van der Waals surface area contributed by atoms with Crippen molar-refractivity contribution in [2.75, 3.05) is 5.33 Å². The Hall–Kier alpha value is -1.10. The highest BCUT2D eigenvalue weighted by Crippen LogP contribution is 2.16. The lowest BCUT2D eigenvalue weighted by atomic mass is 10.1. The van der Waals surface area contributed by atoms with Crippen LogP contribution in [0.4, 0.5) is 0 Å². The number of alkyl halides is 1. The van der Waals surface area contributed by atoms with Crippen LogP contribution in [0.25, 0.3) is 6.08 Å². The Kier molecular flexibility index (Phi) is 3.14. The third-order valence-electron chi connectivity index (χ3n) is 2.79. The van der Waals surface area contributed by atoms with Crippen LogP contribution in [0, 0.1) is 0 Å². The second-order valence-electron chi connectivity index (χ2n) is 3.84. The summed E-state index contributed by atoms with van der Waals surface area (Å²) in [5, 5.41) is 0.867. The Labute approximate surface area is 102 Å². The third-order valence-corrected chi connectivity index (χ3v) is 3.35. The summed E-state index contributed by atoms with van der Waals surface area (Å²) in [7, 11) is 1.72.